The van der Waals surface area contributed by atoms with Gasteiger partial charge in [0.25, 0.3) is 0 Å². The molecule has 1 aromatic rings. The van der Waals surface area contributed by atoms with Crippen molar-refractivity contribution in [2.75, 3.05) is 47.4 Å². The number of rotatable bonds is 9. The van der Waals surface area contributed by atoms with Gasteiger partial charge in [-0.2, -0.15) is 0 Å². The second-order valence-corrected chi connectivity index (χ2v) is 6.76. The van der Waals surface area contributed by atoms with Crippen molar-refractivity contribution in [3.63, 3.8) is 0 Å². The maximum atomic E-state index is 12.4. The molecule has 1 aromatic carbocycles. The molecule has 0 heterocycles. The molecule has 0 aromatic heterocycles. The number of methoxy groups -OCH3 is 2. The van der Waals surface area contributed by atoms with Gasteiger partial charge in [-0.25, -0.2) is 4.99 Å². The SMILES string of the molecule is CCNC(=NCc1cc(Br)c(OC)c(OC)c1)N(C)CC(=O)N(CC)CC. The molecule has 27 heavy (non-hydrogen) atoms. The molecular formula is C19H31BrN4O3. The number of halogens is 1. The number of carbonyl (C=O) groups excluding carboxylic acids is 1. The molecule has 0 aliphatic carbocycles. The highest BCUT2D eigenvalue weighted by Gasteiger charge is 2.15. The van der Waals surface area contributed by atoms with E-state index < -0.39 is 0 Å². The minimum Gasteiger partial charge on any atom is -0.493 e. The zero-order valence-corrected chi connectivity index (χ0v) is 18.7. The summed E-state index contributed by atoms with van der Waals surface area (Å²) in [5.74, 6) is 2.07. The molecule has 8 heteroatoms. The van der Waals surface area contributed by atoms with Gasteiger partial charge in [-0.15, -0.1) is 0 Å². The predicted molar refractivity (Wildman–Crippen MR) is 113 cm³/mol. The van der Waals surface area contributed by atoms with Crippen molar-refractivity contribution in [2.45, 2.75) is 27.3 Å². The lowest BCUT2D eigenvalue weighted by Gasteiger charge is -2.25. The van der Waals surface area contributed by atoms with Gasteiger partial charge in [0.05, 0.1) is 31.8 Å². The Morgan fingerprint density at radius 2 is 1.85 bits per heavy atom. The summed E-state index contributed by atoms with van der Waals surface area (Å²) in [6.45, 7) is 8.83. The Morgan fingerprint density at radius 3 is 2.37 bits per heavy atom. The zero-order valence-electron chi connectivity index (χ0n) is 17.1. The summed E-state index contributed by atoms with van der Waals surface area (Å²) < 4.78 is 11.5. The Balaban J connectivity index is 2.96. The molecule has 152 valence electrons. The summed E-state index contributed by atoms with van der Waals surface area (Å²) in [7, 11) is 5.08. The first-order valence-electron chi connectivity index (χ1n) is 9.09. The number of amides is 1. The number of hydrogen-bond donors (Lipinski definition) is 1. The highest BCUT2D eigenvalue weighted by atomic mass is 79.9. The van der Waals surface area contributed by atoms with E-state index in [0.717, 1.165) is 16.6 Å². The molecule has 0 saturated heterocycles. The smallest absolute Gasteiger partial charge is 0.242 e. The Kier molecular flexibility index (Phi) is 9.99. The molecule has 0 saturated carbocycles. The summed E-state index contributed by atoms with van der Waals surface area (Å²) in [4.78, 5) is 20.7. The van der Waals surface area contributed by atoms with E-state index in [1.54, 1.807) is 14.2 Å². The number of hydrogen-bond acceptors (Lipinski definition) is 4. The van der Waals surface area contributed by atoms with Gasteiger partial charge < -0.3 is 24.6 Å². The fourth-order valence-corrected chi connectivity index (χ4v) is 3.30. The van der Waals surface area contributed by atoms with E-state index in [1.165, 1.54) is 0 Å². The van der Waals surface area contributed by atoms with Gasteiger partial charge in [-0.3, -0.25) is 4.79 Å². The average Bonchev–Trinajstić information content (AvgIpc) is 2.65. The van der Waals surface area contributed by atoms with Gasteiger partial charge >= 0.3 is 0 Å². The minimum atomic E-state index is 0.0852. The molecule has 7 nitrogen and oxygen atoms in total. The Bertz CT molecular complexity index is 648. The second-order valence-electron chi connectivity index (χ2n) is 5.91. The average molecular weight is 443 g/mol. The Labute approximate surface area is 170 Å². The third kappa shape index (κ3) is 6.61. The van der Waals surface area contributed by atoms with Crippen molar-refractivity contribution in [1.29, 1.82) is 0 Å². The van der Waals surface area contributed by atoms with Crippen LogP contribution in [0.4, 0.5) is 0 Å². The van der Waals surface area contributed by atoms with E-state index in [9.17, 15) is 4.79 Å². The van der Waals surface area contributed by atoms with Crippen molar-refractivity contribution in [3.05, 3.63) is 22.2 Å². The topological polar surface area (TPSA) is 66.4 Å². The summed E-state index contributed by atoms with van der Waals surface area (Å²) in [6.07, 6.45) is 0. The van der Waals surface area contributed by atoms with Crippen molar-refractivity contribution in [3.8, 4) is 11.5 Å². The first-order valence-corrected chi connectivity index (χ1v) is 9.88. The lowest BCUT2D eigenvalue weighted by atomic mass is 10.2. The predicted octanol–water partition coefficient (Wildman–Crippen LogP) is 2.73. The van der Waals surface area contributed by atoms with Crippen LogP contribution in [-0.4, -0.2) is 69.1 Å². The Morgan fingerprint density at radius 1 is 1.19 bits per heavy atom. The number of ether oxygens (including phenoxy) is 2. The number of likely N-dealkylation sites (N-methyl/N-ethyl adjacent to an activating group) is 2. The zero-order chi connectivity index (χ0) is 20.4. The largest absolute Gasteiger partial charge is 0.493 e. The van der Waals surface area contributed by atoms with E-state index >= 15 is 0 Å². The fraction of sp³-hybridized carbons (Fsp3) is 0.579. The summed E-state index contributed by atoms with van der Waals surface area (Å²) in [6, 6.07) is 3.85. The third-order valence-corrected chi connectivity index (χ3v) is 4.68. The Hall–Kier alpha value is -1.96. The highest BCUT2D eigenvalue weighted by Crippen LogP contribution is 2.36. The lowest BCUT2D eigenvalue weighted by molar-refractivity contribution is -0.131. The van der Waals surface area contributed by atoms with Crippen molar-refractivity contribution in [2.24, 2.45) is 4.99 Å². The lowest BCUT2D eigenvalue weighted by Crippen LogP contribution is -2.45. The van der Waals surface area contributed by atoms with Gasteiger partial charge in [0.15, 0.2) is 17.5 Å². The molecule has 1 N–H and O–H groups in total. The quantitative estimate of drug-likeness (QED) is 0.470. The van der Waals surface area contributed by atoms with Gasteiger partial charge in [0.1, 0.15) is 0 Å². The molecule has 0 radical (unpaired) electrons. The highest BCUT2D eigenvalue weighted by molar-refractivity contribution is 9.10. The van der Waals surface area contributed by atoms with Crippen LogP contribution in [0.5, 0.6) is 11.5 Å². The van der Waals surface area contributed by atoms with Crippen LogP contribution in [-0.2, 0) is 11.3 Å². The molecule has 0 bridgehead atoms. The maximum Gasteiger partial charge on any atom is 0.242 e. The van der Waals surface area contributed by atoms with E-state index in [0.29, 0.717) is 37.1 Å². The van der Waals surface area contributed by atoms with Crippen LogP contribution in [0.2, 0.25) is 0 Å². The third-order valence-electron chi connectivity index (χ3n) is 4.09. The number of aliphatic imine (C=N–C) groups is 1. The number of benzene rings is 1. The minimum absolute atomic E-state index is 0.0852. The van der Waals surface area contributed by atoms with Crippen LogP contribution >= 0.6 is 15.9 Å². The number of nitrogens with zero attached hydrogens (tertiary/aromatic N) is 3. The van der Waals surface area contributed by atoms with Gasteiger partial charge in [-0.1, -0.05) is 0 Å². The summed E-state index contributed by atoms with van der Waals surface area (Å²) in [5, 5.41) is 3.24. The van der Waals surface area contributed by atoms with E-state index in [4.69, 9.17) is 9.47 Å². The van der Waals surface area contributed by atoms with Crippen LogP contribution in [0.1, 0.15) is 26.3 Å². The van der Waals surface area contributed by atoms with Crippen LogP contribution < -0.4 is 14.8 Å². The standard InChI is InChI=1S/C19H31BrN4O3/c1-7-21-19(23(4)13-17(25)24(8-2)9-3)22-12-14-10-15(20)18(27-6)16(11-14)26-5/h10-11H,7-9,12-13H2,1-6H3,(H,21,22). The summed E-state index contributed by atoms with van der Waals surface area (Å²) >= 11 is 3.50. The van der Waals surface area contributed by atoms with E-state index in [2.05, 4.69) is 26.2 Å². The molecule has 0 fully saturated rings. The van der Waals surface area contributed by atoms with Crippen LogP contribution in [0.3, 0.4) is 0 Å². The monoisotopic (exact) mass is 442 g/mol. The van der Waals surface area contributed by atoms with Crippen molar-refractivity contribution in [1.82, 2.24) is 15.1 Å². The van der Waals surface area contributed by atoms with Gasteiger partial charge in [0.2, 0.25) is 5.91 Å². The van der Waals surface area contributed by atoms with Gasteiger partial charge in [0, 0.05) is 26.7 Å². The number of carbonyl (C=O) groups is 1. The molecular weight excluding hydrogens is 412 g/mol. The molecule has 0 atom stereocenters. The van der Waals surface area contributed by atoms with Crippen molar-refractivity contribution >= 4 is 27.8 Å². The first-order chi connectivity index (χ1) is 12.9. The van der Waals surface area contributed by atoms with Crippen LogP contribution in [0.25, 0.3) is 0 Å². The van der Waals surface area contributed by atoms with Crippen LogP contribution in [0.15, 0.2) is 21.6 Å². The maximum absolute atomic E-state index is 12.4. The summed E-state index contributed by atoms with van der Waals surface area (Å²) in [5.41, 5.74) is 0.971. The molecule has 0 aliphatic rings. The van der Waals surface area contributed by atoms with E-state index in [-0.39, 0.29) is 12.5 Å². The number of guanidine groups is 1. The molecule has 0 spiro atoms. The molecule has 0 unspecified atom stereocenters. The number of nitrogens with one attached hydrogen (secondary N) is 1. The van der Waals surface area contributed by atoms with E-state index in [1.807, 2.05) is 49.8 Å². The van der Waals surface area contributed by atoms with Crippen LogP contribution in [0, 0.1) is 0 Å². The first kappa shape index (κ1) is 23.1. The molecule has 1 rings (SSSR count). The normalized spacial score (nSPS) is 11.1. The van der Waals surface area contributed by atoms with Gasteiger partial charge in [-0.05, 0) is 54.4 Å². The fourth-order valence-electron chi connectivity index (χ4n) is 2.65. The van der Waals surface area contributed by atoms with Crippen molar-refractivity contribution < 1.29 is 14.3 Å². The molecule has 1 amide bonds. The second kappa shape index (κ2) is 11.7. The molecule has 0 aliphatic heterocycles.